The fraction of sp³-hybridized carbons (Fsp3) is 0.556. The van der Waals surface area contributed by atoms with Gasteiger partial charge in [-0.25, -0.2) is 0 Å². The van der Waals surface area contributed by atoms with Crippen molar-refractivity contribution in [3.05, 3.63) is 36.0 Å². The number of rotatable bonds is 10. The molecule has 0 unspecified atom stereocenters. The molecule has 0 radical (unpaired) electrons. The van der Waals surface area contributed by atoms with E-state index in [0.29, 0.717) is 0 Å². The molecule has 1 aromatic heterocycles. The first kappa shape index (κ1) is 16.4. The largest absolute Gasteiger partial charge is 0.347 e. The number of fused-ring (bicyclic) bond motifs is 1. The summed E-state index contributed by atoms with van der Waals surface area (Å²) >= 11 is 2.04. The number of hydrogen-bond donors (Lipinski definition) is 1. The molecule has 116 valence electrons. The monoisotopic (exact) mass is 304 g/mol. The third-order valence-corrected chi connectivity index (χ3v) is 4.75. The Balaban J connectivity index is 2.03. The van der Waals surface area contributed by atoms with Gasteiger partial charge in [-0.3, -0.25) is 0 Å². The maximum Gasteiger partial charge on any atom is 0.0483 e. The molecule has 0 bridgehead atoms. The Morgan fingerprint density at radius 2 is 2.00 bits per heavy atom. The van der Waals surface area contributed by atoms with Crippen LogP contribution in [0.15, 0.2) is 30.5 Å². The zero-order valence-corrected chi connectivity index (χ0v) is 14.2. The summed E-state index contributed by atoms with van der Waals surface area (Å²) in [7, 11) is 0. The molecule has 21 heavy (non-hydrogen) atoms. The van der Waals surface area contributed by atoms with Crippen molar-refractivity contribution in [2.45, 2.75) is 39.7 Å². The Kier molecular flexibility index (Phi) is 7.17. The highest BCUT2D eigenvalue weighted by Crippen LogP contribution is 2.22. The molecule has 3 heteroatoms. The molecule has 0 aliphatic carbocycles. The van der Waals surface area contributed by atoms with Crippen molar-refractivity contribution >= 4 is 22.7 Å². The van der Waals surface area contributed by atoms with Crippen molar-refractivity contribution in [2.24, 2.45) is 0 Å². The van der Waals surface area contributed by atoms with Crippen molar-refractivity contribution in [1.82, 2.24) is 9.88 Å². The van der Waals surface area contributed by atoms with Gasteiger partial charge in [0.1, 0.15) is 0 Å². The van der Waals surface area contributed by atoms with Crippen LogP contribution in [0.3, 0.4) is 0 Å². The van der Waals surface area contributed by atoms with Crippen LogP contribution in [-0.4, -0.2) is 29.2 Å². The highest BCUT2D eigenvalue weighted by molar-refractivity contribution is 7.99. The maximum atomic E-state index is 3.50. The second kappa shape index (κ2) is 9.16. The number of nitrogens with zero attached hydrogens (tertiary/aromatic N) is 1. The molecule has 1 heterocycles. The van der Waals surface area contributed by atoms with E-state index in [2.05, 4.69) is 54.2 Å². The summed E-state index contributed by atoms with van der Waals surface area (Å²) in [4.78, 5) is 0. The highest BCUT2D eigenvalue weighted by atomic mass is 32.2. The van der Waals surface area contributed by atoms with Gasteiger partial charge in [0.25, 0.3) is 0 Å². The van der Waals surface area contributed by atoms with E-state index in [-0.39, 0.29) is 0 Å². The lowest BCUT2D eigenvalue weighted by molar-refractivity contribution is 0.667. The Morgan fingerprint density at radius 1 is 1.14 bits per heavy atom. The maximum absolute atomic E-state index is 3.50. The summed E-state index contributed by atoms with van der Waals surface area (Å²) < 4.78 is 2.45. The first-order valence-corrected chi connectivity index (χ1v) is 9.37. The van der Waals surface area contributed by atoms with Crippen LogP contribution in [0.25, 0.3) is 10.9 Å². The average Bonchev–Trinajstić information content (AvgIpc) is 2.87. The molecule has 2 nitrogen and oxygen atoms in total. The molecule has 0 spiro atoms. The van der Waals surface area contributed by atoms with Crippen LogP contribution in [0.5, 0.6) is 0 Å². The molecule has 0 fully saturated rings. The average molecular weight is 305 g/mol. The van der Waals surface area contributed by atoms with Crippen molar-refractivity contribution in [3.63, 3.8) is 0 Å². The molecular formula is C18H28N2S. The highest BCUT2D eigenvalue weighted by Gasteiger charge is 2.07. The van der Waals surface area contributed by atoms with Gasteiger partial charge in [-0.05, 0) is 55.5 Å². The number of nitrogens with one attached hydrogen (secondary N) is 1. The van der Waals surface area contributed by atoms with Gasteiger partial charge in [0.05, 0.1) is 0 Å². The van der Waals surface area contributed by atoms with E-state index in [9.17, 15) is 0 Å². The fourth-order valence-electron chi connectivity index (χ4n) is 2.71. The summed E-state index contributed by atoms with van der Waals surface area (Å²) in [5.74, 6) is 2.48. The minimum atomic E-state index is 1.08. The van der Waals surface area contributed by atoms with Gasteiger partial charge in [0.15, 0.2) is 0 Å². The Bertz CT molecular complexity index is 487. The van der Waals surface area contributed by atoms with Gasteiger partial charge in [-0.1, -0.05) is 32.0 Å². The van der Waals surface area contributed by atoms with Crippen LogP contribution in [0.4, 0.5) is 0 Å². The van der Waals surface area contributed by atoms with Gasteiger partial charge in [-0.2, -0.15) is 11.8 Å². The van der Waals surface area contributed by atoms with Gasteiger partial charge < -0.3 is 9.88 Å². The number of benzene rings is 1. The molecule has 0 atom stereocenters. The number of para-hydroxylation sites is 1. The van der Waals surface area contributed by atoms with Crippen molar-refractivity contribution in [2.75, 3.05) is 24.6 Å². The normalized spacial score (nSPS) is 11.3. The lowest BCUT2D eigenvalue weighted by atomic mass is 10.1. The van der Waals surface area contributed by atoms with Crippen molar-refractivity contribution in [1.29, 1.82) is 0 Å². The second-order valence-electron chi connectivity index (χ2n) is 5.42. The van der Waals surface area contributed by atoms with E-state index in [0.717, 1.165) is 26.1 Å². The fourth-order valence-corrected chi connectivity index (χ4v) is 3.34. The molecule has 0 aliphatic rings. The van der Waals surface area contributed by atoms with E-state index >= 15 is 0 Å². The molecule has 1 aromatic carbocycles. The Morgan fingerprint density at radius 3 is 2.81 bits per heavy atom. The number of thioether (sulfide) groups is 1. The van der Waals surface area contributed by atoms with Crippen LogP contribution in [0.1, 0.15) is 32.3 Å². The molecule has 0 amide bonds. The Labute approximate surface area is 133 Å². The van der Waals surface area contributed by atoms with Crippen LogP contribution in [0.2, 0.25) is 0 Å². The predicted octanol–water partition coefficient (Wildman–Crippen LogP) is 4.33. The third-order valence-electron chi connectivity index (χ3n) is 3.76. The smallest absolute Gasteiger partial charge is 0.0483 e. The van der Waals surface area contributed by atoms with E-state index in [1.165, 1.54) is 40.8 Å². The number of aryl methyl sites for hydroxylation is 1. The molecule has 0 aliphatic heterocycles. The van der Waals surface area contributed by atoms with Gasteiger partial charge in [0, 0.05) is 23.6 Å². The van der Waals surface area contributed by atoms with E-state index < -0.39 is 0 Å². The number of aromatic nitrogens is 1. The van der Waals surface area contributed by atoms with Crippen LogP contribution >= 0.6 is 11.8 Å². The van der Waals surface area contributed by atoms with E-state index in [1.807, 2.05) is 11.8 Å². The van der Waals surface area contributed by atoms with E-state index in [4.69, 9.17) is 0 Å². The SMILES string of the molecule is CCCNCCc1cn(CCCSCC)c2ccccc12. The minimum absolute atomic E-state index is 1.08. The quantitative estimate of drug-likeness (QED) is 0.658. The summed E-state index contributed by atoms with van der Waals surface area (Å²) in [6.45, 7) is 7.78. The zero-order chi connectivity index (χ0) is 14.9. The Hall–Kier alpha value is -0.930. The van der Waals surface area contributed by atoms with Crippen LogP contribution in [-0.2, 0) is 13.0 Å². The van der Waals surface area contributed by atoms with Crippen LogP contribution in [0, 0.1) is 0 Å². The summed E-state index contributed by atoms with van der Waals surface area (Å²) in [5, 5.41) is 4.93. The molecule has 1 N–H and O–H groups in total. The second-order valence-corrected chi connectivity index (χ2v) is 6.81. The molecular weight excluding hydrogens is 276 g/mol. The first-order chi connectivity index (χ1) is 10.4. The summed E-state index contributed by atoms with van der Waals surface area (Å²) in [5.41, 5.74) is 2.88. The third kappa shape index (κ3) is 4.79. The van der Waals surface area contributed by atoms with Gasteiger partial charge in [-0.15, -0.1) is 0 Å². The lowest BCUT2D eigenvalue weighted by Gasteiger charge is -2.04. The zero-order valence-electron chi connectivity index (χ0n) is 13.4. The minimum Gasteiger partial charge on any atom is -0.347 e. The molecule has 2 aromatic rings. The van der Waals surface area contributed by atoms with Crippen molar-refractivity contribution in [3.8, 4) is 0 Å². The van der Waals surface area contributed by atoms with Crippen LogP contribution < -0.4 is 5.32 Å². The van der Waals surface area contributed by atoms with Gasteiger partial charge in [0.2, 0.25) is 0 Å². The topological polar surface area (TPSA) is 17.0 Å². The number of hydrogen-bond acceptors (Lipinski definition) is 2. The molecule has 0 saturated carbocycles. The standard InChI is InChI=1S/C18H28N2S/c1-3-11-19-12-10-16-15-20(13-7-14-21-4-2)18-9-6-5-8-17(16)18/h5-6,8-9,15,19H,3-4,7,10-14H2,1-2H3. The summed E-state index contributed by atoms with van der Waals surface area (Å²) in [6, 6.07) is 8.83. The van der Waals surface area contributed by atoms with Crippen molar-refractivity contribution < 1.29 is 0 Å². The van der Waals surface area contributed by atoms with Gasteiger partial charge >= 0.3 is 0 Å². The van der Waals surface area contributed by atoms with E-state index in [1.54, 1.807) is 0 Å². The first-order valence-electron chi connectivity index (χ1n) is 8.22. The predicted molar refractivity (Wildman–Crippen MR) is 96.4 cm³/mol. The molecule has 0 saturated heterocycles. The molecule has 2 rings (SSSR count). The summed E-state index contributed by atoms with van der Waals surface area (Å²) in [6.07, 6.45) is 5.95. The lowest BCUT2D eigenvalue weighted by Crippen LogP contribution is -2.17.